The van der Waals surface area contributed by atoms with E-state index in [2.05, 4.69) is 15.3 Å². The number of amides is 1. The van der Waals surface area contributed by atoms with Gasteiger partial charge >= 0.3 is 0 Å². The monoisotopic (exact) mass is 526 g/mol. The molecule has 1 fully saturated rings. The number of ether oxygens (including phenoxy) is 1. The van der Waals surface area contributed by atoms with E-state index in [1.165, 1.54) is 17.8 Å². The first kappa shape index (κ1) is 25.7. The van der Waals surface area contributed by atoms with Crippen molar-refractivity contribution in [2.24, 2.45) is 0 Å². The van der Waals surface area contributed by atoms with Crippen LogP contribution in [0, 0.1) is 6.92 Å². The van der Waals surface area contributed by atoms with Crippen molar-refractivity contribution >= 4 is 41.1 Å². The molecule has 1 atom stereocenters. The van der Waals surface area contributed by atoms with E-state index < -0.39 is 6.43 Å². The van der Waals surface area contributed by atoms with E-state index in [0.717, 1.165) is 16.7 Å². The molecular formula is C26H24F2N4O2S2. The smallest absolute Gasteiger partial charge is 0.280 e. The molecule has 0 spiro atoms. The Kier molecular flexibility index (Phi) is 7.95. The van der Waals surface area contributed by atoms with Crippen LogP contribution in [0.4, 0.5) is 8.78 Å². The lowest BCUT2D eigenvalue weighted by Crippen LogP contribution is -2.33. The number of carbonyl (C=O) groups is 1. The van der Waals surface area contributed by atoms with Crippen LogP contribution < -0.4 is 10.1 Å². The van der Waals surface area contributed by atoms with E-state index in [1.54, 1.807) is 31.1 Å². The van der Waals surface area contributed by atoms with Gasteiger partial charge in [-0.25, -0.2) is 18.7 Å². The highest BCUT2D eigenvalue weighted by atomic mass is 32.2. The SMILES string of the molecule is COc1ccc(/C=C2\NC(=S)N(C(C)c3ccccc3)C2=O)cc1CSc1nc(C)cc(C(F)F)n1. The summed E-state index contributed by atoms with van der Waals surface area (Å²) in [5, 5.41) is 3.63. The van der Waals surface area contributed by atoms with E-state index in [-0.39, 0.29) is 22.8 Å². The average molecular weight is 527 g/mol. The molecule has 36 heavy (non-hydrogen) atoms. The summed E-state index contributed by atoms with van der Waals surface area (Å²) < 4.78 is 31.7. The summed E-state index contributed by atoms with van der Waals surface area (Å²) in [5.41, 5.74) is 3.10. The summed E-state index contributed by atoms with van der Waals surface area (Å²) in [6.07, 6.45) is -0.930. The Labute approximate surface area is 217 Å². The number of methoxy groups -OCH3 is 1. The van der Waals surface area contributed by atoms with Crippen molar-refractivity contribution in [1.82, 2.24) is 20.2 Å². The Bertz CT molecular complexity index is 1320. The Morgan fingerprint density at radius 3 is 2.61 bits per heavy atom. The summed E-state index contributed by atoms with van der Waals surface area (Å²) in [6.45, 7) is 3.59. The Morgan fingerprint density at radius 1 is 1.17 bits per heavy atom. The van der Waals surface area contributed by atoms with E-state index >= 15 is 0 Å². The second kappa shape index (κ2) is 11.1. The molecule has 6 nitrogen and oxygen atoms in total. The summed E-state index contributed by atoms with van der Waals surface area (Å²) >= 11 is 6.69. The predicted octanol–water partition coefficient (Wildman–Crippen LogP) is 5.84. The molecule has 4 rings (SSSR count). The van der Waals surface area contributed by atoms with Gasteiger partial charge in [0.05, 0.1) is 13.2 Å². The first-order valence-electron chi connectivity index (χ1n) is 11.1. The summed E-state index contributed by atoms with van der Waals surface area (Å²) in [4.78, 5) is 22.9. The Morgan fingerprint density at radius 2 is 1.92 bits per heavy atom. The Balaban J connectivity index is 1.55. The minimum absolute atomic E-state index is 0.212. The minimum atomic E-state index is -2.66. The van der Waals surface area contributed by atoms with E-state index in [4.69, 9.17) is 17.0 Å². The van der Waals surface area contributed by atoms with Gasteiger partial charge in [0.1, 0.15) is 17.1 Å². The molecule has 3 aromatic rings. The maximum atomic E-state index is 13.2. The van der Waals surface area contributed by atoms with Crippen LogP contribution >= 0.6 is 24.0 Å². The minimum Gasteiger partial charge on any atom is -0.496 e. The second-order valence-electron chi connectivity index (χ2n) is 8.13. The number of hydrogen-bond donors (Lipinski definition) is 1. The van der Waals surface area contributed by atoms with Gasteiger partial charge in [0.25, 0.3) is 12.3 Å². The van der Waals surface area contributed by atoms with Crippen LogP contribution in [-0.4, -0.2) is 33.0 Å². The van der Waals surface area contributed by atoms with Gasteiger partial charge in [-0.3, -0.25) is 9.69 Å². The molecule has 1 N–H and O–H groups in total. The highest BCUT2D eigenvalue weighted by Crippen LogP contribution is 2.30. The number of carbonyl (C=O) groups excluding carboxylic acids is 1. The fraction of sp³-hybridized carbons (Fsp3) is 0.231. The van der Waals surface area contributed by atoms with E-state index in [1.807, 2.05) is 49.4 Å². The van der Waals surface area contributed by atoms with Crippen LogP contribution in [0.3, 0.4) is 0 Å². The van der Waals surface area contributed by atoms with Gasteiger partial charge in [-0.15, -0.1) is 0 Å². The third-order valence-electron chi connectivity index (χ3n) is 5.63. The zero-order valence-electron chi connectivity index (χ0n) is 19.9. The van der Waals surface area contributed by atoms with E-state index in [9.17, 15) is 13.6 Å². The van der Waals surface area contributed by atoms with Gasteiger partial charge < -0.3 is 10.1 Å². The molecule has 2 aromatic carbocycles. The number of rotatable bonds is 8. The molecule has 0 bridgehead atoms. The first-order valence-corrected chi connectivity index (χ1v) is 12.5. The third-order valence-corrected chi connectivity index (χ3v) is 6.82. The Hall–Kier alpha value is -3.37. The molecule has 2 heterocycles. The summed E-state index contributed by atoms with van der Waals surface area (Å²) in [7, 11) is 1.56. The molecular weight excluding hydrogens is 502 g/mol. The van der Waals surface area contributed by atoms with E-state index in [0.29, 0.717) is 28.0 Å². The number of halogens is 2. The molecule has 1 unspecified atom stereocenters. The van der Waals surface area contributed by atoms with Gasteiger partial charge in [-0.2, -0.15) is 0 Å². The van der Waals surface area contributed by atoms with Crippen LogP contribution in [0.2, 0.25) is 0 Å². The van der Waals surface area contributed by atoms with Gasteiger partial charge in [-0.05, 0) is 61.5 Å². The lowest BCUT2D eigenvalue weighted by atomic mass is 10.1. The number of nitrogens with zero attached hydrogens (tertiary/aromatic N) is 3. The molecule has 1 aliphatic heterocycles. The topological polar surface area (TPSA) is 67.3 Å². The highest BCUT2D eigenvalue weighted by Gasteiger charge is 2.34. The van der Waals surface area contributed by atoms with Crippen LogP contribution in [-0.2, 0) is 10.5 Å². The number of alkyl halides is 2. The van der Waals surface area contributed by atoms with Gasteiger partial charge in [-0.1, -0.05) is 48.2 Å². The molecule has 0 saturated carbocycles. The summed E-state index contributed by atoms with van der Waals surface area (Å²) in [5.74, 6) is 0.811. The number of nitrogens with one attached hydrogen (secondary N) is 1. The molecule has 1 saturated heterocycles. The standard InChI is InChI=1S/C26H24F2N4O2S2/c1-15-11-20(23(27)28)30-25(29-15)36-14-19-12-17(9-10-22(19)34-3)13-21-24(33)32(26(35)31-21)16(2)18-7-5-4-6-8-18/h4-13,16,23H,14H2,1-3H3,(H,31,35)/b21-13-. The lowest BCUT2D eigenvalue weighted by molar-refractivity contribution is -0.123. The van der Waals surface area contributed by atoms with Crippen molar-refractivity contribution in [3.63, 3.8) is 0 Å². The molecule has 1 aliphatic rings. The number of thioether (sulfide) groups is 1. The lowest BCUT2D eigenvalue weighted by Gasteiger charge is -2.23. The maximum absolute atomic E-state index is 13.2. The summed E-state index contributed by atoms with van der Waals surface area (Å²) in [6, 6.07) is 16.2. The second-order valence-corrected chi connectivity index (χ2v) is 9.46. The normalized spacial score (nSPS) is 15.5. The van der Waals surface area contributed by atoms with Crippen molar-refractivity contribution in [3.05, 3.63) is 88.4 Å². The predicted molar refractivity (Wildman–Crippen MR) is 140 cm³/mol. The van der Waals surface area contributed by atoms with Crippen molar-refractivity contribution in [2.75, 3.05) is 7.11 Å². The highest BCUT2D eigenvalue weighted by molar-refractivity contribution is 7.98. The average Bonchev–Trinajstić information content (AvgIpc) is 3.14. The van der Waals surface area contributed by atoms with Crippen LogP contribution in [0.1, 0.15) is 47.5 Å². The third kappa shape index (κ3) is 5.71. The molecule has 1 amide bonds. The first-order chi connectivity index (χ1) is 17.3. The van der Waals surface area contributed by atoms with Crippen molar-refractivity contribution in [2.45, 2.75) is 37.2 Å². The molecule has 0 radical (unpaired) electrons. The molecule has 0 aliphatic carbocycles. The zero-order chi connectivity index (χ0) is 25.8. The maximum Gasteiger partial charge on any atom is 0.280 e. The molecule has 1 aromatic heterocycles. The van der Waals surface area contributed by atoms with Crippen LogP contribution in [0.25, 0.3) is 6.08 Å². The molecule has 10 heteroatoms. The van der Waals surface area contributed by atoms with Gasteiger partial charge in [0.2, 0.25) is 0 Å². The molecule has 186 valence electrons. The van der Waals surface area contributed by atoms with Crippen molar-refractivity contribution in [1.29, 1.82) is 0 Å². The number of thiocarbonyl (C=S) groups is 1. The quantitative estimate of drug-likeness (QED) is 0.171. The number of hydrogen-bond acceptors (Lipinski definition) is 6. The van der Waals surface area contributed by atoms with Gasteiger partial charge in [0, 0.05) is 17.0 Å². The largest absolute Gasteiger partial charge is 0.496 e. The fourth-order valence-electron chi connectivity index (χ4n) is 3.83. The van der Waals surface area contributed by atoms with Crippen molar-refractivity contribution in [3.8, 4) is 5.75 Å². The number of benzene rings is 2. The number of aromatic nitrogens is 2. The van der Waals surface area contributed by atoms with Crippen LogP contribution in [0.15, 0.2) is 65.5 Å². The van der Waals surface area contributed by atoms with Crippen molar-refractivity contribution < 1.29 is 18.3 Å². The fourth-order valence-corrected chi connectivity index (χ4v) is 5.07. The zero-order valence-corrected chi connectivity index (χ0v) is 21.5. The van der Waals surface area contributed by atoms with Gasteiger partial charge in [0.15, 0.2) is 10.3 Å². The number of aryl methyl sites for hydroxylation is 1. The van der Waals surface area contributed by atoms with Crippen LogP contribution in [0.5, 0.6) is 5.75 Å².